The topological polar surface area (TPSA) is 114 Å². The van der Waals surface area contributed by atoms with Crippen LogP contribution in [-0.4, -0.2) is 36.4 Å². The van der Waals surface area contributed by atoms with E-state index in [2.05, 4.69) is 15.6 Å². The Kier molecular flexibility index (Phi) is 4.80. The number of aliphatic imine (C=N–C) groups is 1. The van der Waals surface area contributed by atoms with Gasteiger partial charge in [-0.15, -0.1) is 0 Å². The number of primary amides is 1. The van der Waals surface area contributed by atoms with Crippen LogP contribution in [0.3, 0.4) is 0 Å². The highest BCUT2D eigenvalue weighted by Crippen LogP contribution is 2.27. The summed E-state index contributed by atoms with van der Waals surface area (Å²) in [6.45, 7) is 1.51. The Hall–Kier alpha value is -2.67. The van der Waals surface area contributed by atoms with Gasteiger partial charge in [-0.2, -0.15) is 0 Å². The molecule has 0 bridgehead atoms. The summed E-state index contributed by atoms with van der Waals surface area (Å²) in [5.74, 6) is -0.894. The van der Waals surface area contributed by atoms with Gasteiger partial charge in [0.25, 0.3) is 0 Å². The molecule has 2 rings (SSSR count). The van der Waals surface area contributed by atoms with Crippen molar-refractivity contribution in [3.05, 3.63) is 34.9 Å². The Balaban J connectivity index is 2.49. The molecular weight excluding hydrogens is 320 g/mol. The second kappa shape index (κ2) is 6.62. The van der Waals surface area contributed by atoms with Crippen molar-refractivity contribution in [2.45, 2.75) is 13.0 Å². The Labute approximate surface area is 137 Å². The van der Waals surface area contributed by atoms with E-state index in [1.807, 2.05) is 0 Å². The summed E-state index contributed by atoms with van der Waals surface area (Å²) in [6, 6.07) is 2.76. The van der Waals surface area contributed by atoms with Crippen LogP contribution in [0.4, 0.5) is 16.2 Å². The number of anilines is 1. The van der Waals surface area contributed by atoms with E-state index in [1.165, 1.54) is 13.0 Å². The summed E-state index contributed by atoms with van der Waals surface area (Å²) in [5, 5.41) is 5.55. The molecule has 1 aliphatic rings. The van der Waals surface area contributed by atoms with Crippen molar-refractivity contribution < 1.29 is 14.4 Å². The first kappa shape index (κ1) is 16.7. The molecule has 1 unspecified atom stereocenters. The van der Waals surface area contributed by atoms with Gasteiger partial charge in [0, 0.05) is 12.6 Å². The maximum Gasteiger partial charge on any atom is 0.313 e. The summed E-state index contributed by atoms with van der Waals surface area (Å²) in [7, 11) is 1.72. The third kappa shape index (κ3) is 3.57. The molecule has 1 aromatic rings. The highest BCUT2D eigenvalue weighted by atomic mass is 35.5. The van der Waals surface area contributed by atoms with Gasteiger partial charge in [-0.1, -0.05) is 11.6 Å². The van der Waals surface area contributed by atoms with E-state index >= 15 is 0 Å². The largest absolute Gasteiger partial charge is 0.387 e. The molecule has 0 radical (unpaired) electrons. The molecule has 0 fully saturated rings. The van der Waals surface area contributed by atoms with Crippen LogP contribution in [0, 0.1) is 0 Å². The van der Waals surface area contributed by atoms with Crippen LogP contribution >= 0.6 is 11.6 Å². The van der Waals surface area contributed by atoms with Gasteiger partial charge in [0.15, 0.2) is 5.78 Å². The summed E-state index contributed by atoms with van der Waals surface area (Å²) in [4.78, 5) is 39.6. The normalized spacial score (nSPS) is 19.5. The Morgan fingerprint density at radius 2 is 2.04 bits per heavy atom. The second-order valence-electron chi connectivity index (χ2n) is 4.91. The van der Waals surface area contributed by atoms with Gasteiger partial charge in [0.1, 0.15) is 11.8 Å². The number of amides is 2. The number of Topliss-reactive ketones (excluding diaryl/α,β-unsaturated/α-hetero) is 1. The first-order valence-electron chi connectivity index (χ1n) is 6.72. The Morgan fingerprint density at radius 1 is 1.35 bits per heavy atom. The van der Waals surface area contributed by atoms with Crippen molar-refractivity contribution in [3.63, 3.8) is 0 Å². The van der Waals surface area contributed by atoms with Gasteiger partial charge >= 0.3 is 6.03 Å². The van der Waals surface area contributed by atoms with E-state index in [4.69, 9.17) is 17.3 Å². The maximum absolute atomic E-state index is 12.3. The summed E-state index contributed by atoms with van der Waals surface area (Å²) < 4.78 is 0. The lowest BCUT2D eigenvalue weighted by Gasteiger charge is -2.21. The van der Waals surface area contributed by atoms with Crippen molar-refractivity contribution >= 4 is 46.3 Å². The van der Waals surface area contributed by atoms with Gasteiger partial charge in [0.2, 0.25) is 5.78 Å². The lowest BCUT2D eigenvalue weighted by molar-refractivity contribution is -0.117. The van der Waals surface area contributed by atoms with E-state index in [-0.39, 0.29) is 11.3 Å². The van der Waals surface area contributed by atoms with Gasteiger partial charge < -0.3 is 16.4 Å². The van der Waals surface area contributed by atoms with Crippen LogP contribution in [0.15, 0.2) is 34.8 Å². The number of rotatable bonds is 3. The van der Waals surface area contributed by atoms with Gasteiger partial charge in [-0.25, -0.2) is 9.79 Å². The molecular formula is C15H15ClN4O3. The van der Waals surface area contributed by atoms with Crippen molar-refractivity contribution in [2.75, 3.05) is 12.4 Å². The molecule has 1 aliphatic carbocycles. The fourth-order valence-corrected chi connectivity index (χ4v) is 2.41. The number of hydrogen-bond acceptors (Lipinski definition) is 5. The van der Waals surface area contributed by atoms with Crippen molar-refractivity contribution in [1.82, 2.24) is 5.32 Å². The van der Waals surface area contributed by atoms with Gasteiger partial charge in [-0.05, 0) is 31.2 Å². The average Bonchev–Trinajstić information content (AvgIpc) is 2.48. The number of ketones is 2. The van der Waals surface area contributed by atoms with Gasteiger partial charge in [0.05, 0.1) is 16.4 Å². The van der Waals surface area contributed by atoms with E-state index in [0.717, 1.165) is 0 Å². The first-order chi connectivity index (χ1) is 10.8. The molecule has 23 heavy (non-hydrogen) atoms. The molecule has 8 heteroatoms. The SMILES string of the molecule is CNc1ccc(N=C2C(=O)C(C)=CC(=O)C2NC(N)=O)cc1Cl. The molecule has 1 atom stereocenters. The standard InChI is InChI=1S/C15H15ClN4O3/c1-7-5-11(21)12(20-15(17)23)13(14(7)22)19-8-3-4-10(18-2)9(16)6-8/h3-6,12,18H,1-2H3,(H3,17,20,23). The van der Waals surface area contributed by atoms with Crippen LogP contribution < -0.4 is 16.4 Å². The number of benzene rings is 1. The van der Waals surface area contributed by atoms with E-state index in [0.29, 0.717) is 16.4 Å². The van der Waals surface area contributed by atoms with E-state index in [9.17, 15) is 14.4 Å². The minimum absolute atomic E-state index is 0.0953. The third-order valence-electron chi connectivity index (χ3n) is 3.27. The second-order valence-corrected chi connectivity index (χ2v) is 5.32. The summed E-state index contributed by atoms with van der Waals surface area (Å²) in [5.41, 5.74) is 6.30. The number of urea groups is 1. The number of carbonyl (C=O) groups excluding carboxylic acids is 3. The number of nitrogens with two attached hydrogens (primary N) is 1. The van der Waals surface area contributed by atoms with Crippen LogP contribution in [0.5, 0.6) is 0 Å². The summed E-state index contributed by atoms with van der Waals surface area (Å²) in [6.07, 6.45) is 1.17. The fraction of sp³-hybridized carbons (Fsp3) is 0.200. The molecule has 120 valence electrons. The summed E-state index contributed by atoms with van der Waals surface area (Å²) >= 11 is 6.08. The average molecular weight is 335 g/mol. The zero-order chi connectivity index (χ0) is 17.1. The Bertz CT molecular complexity index is 755. The minimum Gasteiger partial charge on any atom is -0.387 e. The van der Waals surface area contributed by atoms with Crippen molar-refractivity contribution in [1.29, 1.82) is 0 Å². The lowest BCUT2D eigenvalue weighted by atomic mass is 9.91. The van der Waals surface area contributed by atoms with Crippen molar-refractivity contribution in [3.8, 4) is 0 Å². The molecule has 1 aromatic carbocycles. The molecule has 7 nitrogen and oxygen atoms in total. The number of carbonyl (C=O) groups is 3. The number of nitrogens with zero attached hydrogens (tertiary/aromatic N) is 1. The van der Waals surface area contributed by atoms with Crippen LogP contribution in [-0.2, 0) is 9.59 Å². The quantitative estimate of drug-likeness (QED) is 0.778. The molecule has 4 N–H and O–H groups in total. The molecule has 0 aromatic heterocycles. The molecule has 0 heterocycles. The fourth-order valence-electron chi connectivity index (χ4n) is 2.14. The molecule has 0 saturated heterocycles. The van der Waals surface area contributed by atoms with Crippen LogP contribution in [0.1, 0.15) is 6.92 Å². The van der Waals surface area contributed by atoms with Crippen LogP contribution in [0.25, 0.3) is 0 Å². The molecule has 2 amide bonds. The van der Waals surface area contributed by atoms with E-state index in [1.54, 1.807) is 25.2 Å². The predicted octanol–water partition coefficient (Wildman–Crippen LogP) is 1.59. The number of hydrogen-bond donors (Lipinski definition) is 3. The lowest BCUT2D eigenvalue weighted by Crippen LogP contribution is -2.52. The van der Waals surface area contributed by atoms with Crippen molar-refractivity contribution in [2.24, 2.45) is 10.7 Å². The minimum atomic E-state index is -1.20. The maximum atomic E-state index is 12.3. The molecule has 0 saturated carbocycles. The predicted molar refractivity (Wildman–Crippen MR) is 88.4 cm³/mol. The Morgan fingerprint density at radius 3 is 2.61 bits per heavy atom. The zero-order valence-electron chi connectivity index (χ0n) is 12.5. The first-order valence-corrected chi connectivity index (χ1v) is 7.10. The van der Waals surface area contributed by atoms with Gasteiger partial charge in [-0.3, -0.25) is 9.59 Å². The van der Waals surface area contributed by atoms with Crippen LogP contribution in [0.2, 0.25) is 5.02 Å². The zero-order valence-corrected chi connectivity index (χ0v) is 13.3. The third-order valence-corrected chi connectivity index (χ3v) is 3.58. The highest BCUT2D eigenvalue weighted by molar-refractivity contribution is 6.54. The number of allylic oxidation sites excluding steroid dienone is 1. The molecule has 0 aliphatic heterocycles. The number of nitrogens with one attached hydrogen (secondary N) is 2. The number of halogens is 1. The van der Waals surface area contributed by atoms with E-state index < -0.39 is 23.6 Å². The smallest absolute Gasteiger partial charge is 0.313 e. The monoisotopic (exact) mass is 334 g/mol. The molecule has 0 spiro atoms. The highest BCUT2D eigenvalue weighted by Gasteiger charge is 2.34.